The van der Waals surface area contributed by atoms with Crippen LogP contribution in [0.25, 0.3) is 5.76 Å². The highest BCUT2D eigenvalue weighted by Gasteiger charge is 2.49. The van der Waals surface area contributed by atoms with Crippen LogP contribution in [0.1, 0.15) is 45.0 Å². The minimum absolute atomic E-state index is 0.0872. The largest absolute Gasteiger partial charge is 0.507 e. The van der Waals surface area contributed by atoms with Crippen molar-refractivity contribution in [1.82, 2.24) is 4.98 Å². The number of esters is 1. The van der Waals surface area contributed by atoms with Crippen LogP contribution in [0.5, 0.6) is 5.75 Å². The lowest BCUT2D eigenvalue weighted by Crippen LogP contribution is -2.29. The summed E-state index contributed by atoms with van der Waals surface area (Å²) in [6, 6.07) is 8.43. The van der Waals surface area contributed by atoms with Crippen LogP contribution in [0.15, 0.2) is 42.0 Å². The SMILES string of the molecule is CCOC(=O)c1sc(N2C(=O)C(=O)C(=C(O)c3ccc(OC)cc3C)[C@@H]2c2ccc(Cl)cc2Cl)nc1C. The van der Waals surface area contributed by atoms with Crippen LogP contribution in [-0.4, -0.2) is 41.5 Å². The fraction of sp³-hybridized carbons (Fsp3) is 0.231. The van der Waals surface area contributed by atoms with Gasteiger partial charge in [0.1, 0.15) is 16.4 Å². The molecule has 0 unspecified atom stereocenters. The zero-order valence-corrected chi connectivity index (χ0v) is 22.6. The lowest BCUT2D eigenvalue weighted by molar-refractivity contribution is -0.132. The molecule has 1 saturated heterocycles. The van der Waals surface area contributed by atoms with Gasteiger partial charge < -0.3 is 14.6 Å². The fourth-order valence-electron chi connectivity index (χ4n) is 4.09. The minimum Gasteiger partial charge on any atom is -0.507 e. The average Bonchev–Trinajstić information content (AvgIpc) is 3.35. The predicted molar refractivity (Wildman–Crippen MR) is 142 cm³/mol. The number of thiazole rings is 1. The number of methoxy groups -OCH3 is 1. The van der Waals surface area contributed by atoms with Crippen molar-refractivity contribution in [3.05, 3.63) is 79.3 Å². The van der Waals surface area contributed by atoms with E-state index >= 15 is 0 Å². The quantitative estimate of drug-likeness (QED) is 0.173. The van der Waals surface area contributed by atoms with E-state index in [1.165, 1.54) is 13.2 Å². The van der Waals surface area contributed by atoms with Gasteiger partial charge in [-0.3, -0.25) is 14.5 Å². The summed E-state index contributed by atoms with van der Waals surface area (Å²) in [5.41, 5.74) is 1.49. The second-order valence-electron chi connectivity index (χ2n) is 8.15. The van der Waals surface area contributed by atoms with Gasteiger partial charge in [0.25, 0.3) is 5.78 Å². The lowest BCUT2D eigenvalue weighted by atomic mass is 9.94. The molecule has 4 rings (SSSR count). The Kier molecular flexibility index (Phi) is 7.59. The van der Waals surface area contributed by atoms with Gasteiger partial charge >= 0.3 is 11.9 Å². The van der Waals surface area contributed by atoms with Crippen LogP contribution in [0.3, 0.4) is 0 Å². The molecule has 8 nitrogen and oxygen atoms in total. The van der Waals surface area contributed by atoms with E-state index in [0.29, 0.717) is 33.2 Å². The summed E-state index contributed by atoms with van der Waals surface area (Å²) < 4.78 is 10.3. The number of hydrogen-bond acceptors (Lipinski definition) is 8. The van der Waals surface area contributed by atoms with Crippen molar-refractivity contribution in [2.75, 3.05) is 18.6 Å². The molecule has 1 N–H and O–H groups in total. The van der Waals surface area contributed by atoms with Crippen LogP contribution in [0.2, 0.25) is 10.0 Å². The van der Waals surface area contributed by atoms with Gasteiger partial charge in [0.15, 0.2) is 5.13 Å². The van der Waals surface area contributed by atoms with Gasteiger partial charge in [0, 0.05) is 15.6 Å². The Morgan fingerprint density at radius 1 is 1.16 bits per heavy atom. The Morgan fingerprint density at radius 3 is 2.51 bits per heavy atom. The van der Waals surface area contributed by atoms with E-state index < -0.39 is 23.7 Å². The molecule has 0 bridgehead atoms. The van der Waals surface area contributed by atoms with E-state index in [2.05, 4.69) is 4.98 Å². The molecule has 1 amide bonds. The highest BCUT2D eigenvalue weighted by atomic mass is 35.5. The molecule has 11 heteroatoms. The molecule has 1 fully saturated rings. The molecule has 0 aliphatic carbocycles. The molecule has 0 spiro atoms. The number of carbonyl (C=O) groups is 3. The van der Waals surface area contributed by atoms with Crippen molar-refractivity contribution in [1.29, 1.82) is 0 Å². The first kappa shape index (κ1) is 26.7. The maximum atomic E-state index is 13.4. The maximum absolute atomic E-state index is 13.4. The molecule has 1 aliphatic rings. The fourth-order valence-corrected chi connectivity index (χ4v) is 5.59. The van der Waals surface area contributed by atoms with Gasteiger partial charge in [-0.2, -0.15) is 0 Å². The number of aliphatic hydroxyl groups excluding tert-OH is 1. The third kappa shape index (κ3) is 4.82. The number of amides is 1. The zero-order valence-electron chi connectivity index (χ0n) is 20.3. The molecule has 1 aliphatic heterocycles. The molecule has 0 radical (unpaired) electrons. The summed E-state index contributed by atoms with van der Waals surface area (Å²) in [6.07, 6.45) is 0. The number of hydrogen-bond donors (Lipinski definition) is 1. The molecule has 37 heavy (non-hydrogen) atoms. The summed E-state index contributed by atoms with van der Waals surface area (Å²) in [4.78, 5) is 45.0. The van der Waals surface area contributed by atoms with Gasteiger partial charge in [-0.25, -0.2) is 9.78 Å². The van der Waals surface area contributed by atoms with Crippen molar-refractivity contribution in [2.45, 2.75) is 26.8 Å². The Labute approximate surface area is 227 Å². The molecule has 0 saturated carbocycles. The Hall–Kier alpha value is -3.40. The summed E-state index contributed by atoms with van der Waals surface area (Å²) in [5.74, 6) is -2.25. The van der Waals surface area contributed by atoms with Gasteiger partial charge in [-0.1, -0.05) is 40.6 Å². The Bertz CT molecular complexity index is 1470. The smallest absolute Gasteiger partial charge is 0.350 e. The van der Waals surface area contributed by atoms with E-state index in [9.17, 15) is 19.5 Å². The maximum Gasteiger partial charge on any atom is 0.350 e. The number of benzene rings is 2. The summed E-state index contributed by atoms with van der Waals surface area (Å²) in [7, 11) is 1.52. The second kappa shape index (κ2) is 10.5. The van der Waals surface area contributed by atoms with Gasteiger partial charge in [-0.15, -0.1) is 0 Å². The Balaban J connectivity index is 1.96. The number of Topliss-reactive ketones (excluding diaryl/α,β-unsaturated/α-hetero) is 1. The summed E-state index contributed by atoms with van der Waals surface area (Å²) in [6.45, 7) is 5.19. The minimum atomic E-state index is -1.13. The summed E-state index contributed by atoms with van der Waals surface area (Å²) >= 11 is 13.5. The van der Waals surface area contributed by atoms with Gasteiger partial charge in [0.05, 0.1) is 31.0 Å². The second-order valence-corrected chi connectivity index (χ2v) is 9.97. The van der Waals surface area contributed by atoms with Crippen molar-refractivity contribution >= 4 is 63.1 Å². The number of anilines is 1. The third-order valence-corrected chi connectivity index (χ3v) is 7.54. The molecule has 1 aromatic heterocycles. The highest BCUT2D eigenvalue weighted by Crippen LogP contribution is 2.46. The topological polar surface area (TPSA) is 106 Å². The van der Waals surface area contributed by atoms with Crippen LogP contribution >= 0.6 is 34.5 Å². The number of nitrogens with zero attached hydrogens (tertiary/aromatic N) is 2. The van der Waals surface area contributed by atoms with Crippen LogP contribution in [-0.2, 0) is 14.3 Å². The van der Waals surface area contributed by atoms with E-state index in [4.69, 9.17) is 32.7 Å². The van der Waals surface area contributed by atoms with Gasteiger partial charge in [0.2, 0.25) is 0 Å². The van der Waals surface area contributed by atoms with E-state index in [1.807, 2.05) is 0 Å². The number of aliphatic hydroxyl groups is 1. The zero-order chi connectivity index (χ0) is 27.0. The molecule has 1 atom stereocenters. The first-order valence-corrected chi connectivity index (χ1v) is 12.7. The first-order chi connectivity index (χ1) is 17.6. The first-order valence-electron chi connectivity index (χ1n) is 11.1. The number of ketones is 1. The van der Waals surface area contributed by atoms with Crippen molar-refractivity contribution in [2.24, 2.45) is 0 Å². The van der Waals surface area contributed by atoms with E-state index in [1.54, 1.807) is 51.1 Å². The third-order valence-electron chi connectivity index (χ3n) is 5.84. The molecule has 3 aromatic rings. The monoisotopic (exact) mass is 560 g/mol. The number of rotatable bonds is 6. The molecule has 192 valence electrons. The normalized spacial score (nSPS) is 16.8. The van der Waals surface area contributed by atoms with Gasteiger partial charge in [-0.05, 0) is 62.2 Å². The van der Waals surface area contributed by atoms with Crippen molar-refractivity contribution in [3.63, 3.8) is 0 Å². The molecular formula is C26H22Cl2N2O6S. The number of aryl methyl sites for hydroxylation is 2. The van der Waals surface area contributed by atoms with Crippen LogP contribution in [0, 0.1) is 13.8 Å². The van der Waals surface area contributed by atoms with E-state index in [0.717, 1.165) is 16.2 Å². The molecule has 2 heterocycles. The molecular weight excluding hydrogens is 539 g/mol. The highest BCUT2D eigenvalue weighted by molar-refractivity contribution is 7.17. The summed E-state index contributed by atoms with van der Waals surface area (Å²) in [5, 5.41) is 12.0. The number of aromatic nitrogens is 1. The average molecular weight is 561 g/mol. The van der Waals surface area contributed by atoms with Crippen LogP contribution < -0.4 is 9.64 Å². The number of halogens is 2. The predicted octanol–water partition coefficient (Wildman–Crippen LogP) is 5.88. The number of carbonyl (C=O) groups excluding carboxylic acids is 3. The van der Waals surface area contributed by atoms with E-state index in [-0.39, 0.29) is 33.0 Å². The van der Waals surface area contributed by atoms with Crippen molar-refractivity contribution < 1.29 is 29.0 Å². The lowest BCUT2D eigenvalue weighted by Gasteiger charge is -2.24. The number of ether oxygens (including phenoxy) is 2. The Morgan fingerprint density at radius 2 is 1.89 bits per heavy atom. The standard InChI is InChI=1S/C26H22Cl2N2O6S/c1-5-36-25(34)23-13(3)29-26(37-23)30-20(17-8-6-14(27)11-18(17)28)19(22(32)24(30)33)21(31)16-9-7-15(35-4)10-12(16)2/h6-11,20,31H,5H2,1-4H3/t20-/m0/s1. The molecule has 2 aromatic carbocycles. The van der Waals surface area contributed by atoms with Crippen LogP contribution in [0.4, 0.5) is 5.13 Å². The van der Waals surface area contributed by atoms with Crippen molar-refractivity contribution in [3.8, 4) is 5.75 Å².